The van der Waals surface area contributed by atoms with Gasteiger partial charge in [-0.1, -0.05) is 18.2 Å². The van der Waals surface area contributed by atoms with Gasteiger partial charge in [-0.25, -0.2) is 4.79 Å². The summed E-state index contributed by atoms with van der Waals surface area (Å²) >= 11 is 0. The normalized spacial score (nSPS) is 12.5. The van der Waals surface area contributed by atoms with Crippen molar-refractivity contribution in [3.05, 3.63) is 54.6 Å². The van der Waals surface area contributed by atoms with Gasteiger partial charge in [0.05, 0.1) is 18.9 Å². The quantitative estimate of drug-likeness (QED) is 0.449. The predicted molar refractivity (Wildman–Crippen MR) is 127 cm³/mol. The first-order valence-electron chi connectivity index (χ1n) is 10.5. The van der Waals surface area contributed by atoms with Crippen LogP contribution in [0.3, 0.4) is 0 Å². The minimum Gasteiger partial charge on any atom is -0.457 e. The van der Waals surface area contributed by atoms with Crippen molar-refractivity contribution in [1.82, 2.24) is 10.6 Å². The maximum atomic E-state index is 12.4. The van der Waals surface area contributed by atoms with Crippen LogP contribution in [0.25, 0.3) is 0 Å². The van der Waals surface area contributed by atoms with Crippen molar-refractivity contribution in [2.45, 2.75) is 45.2 Å². The number of hydrogen-bond donors (Lipinski definition) is 3. The molecule has 0 spiro atoms. The zero-order valence-corrected chi connectivity index (χ0v) is 20.1. The van der Waals surface area contributed by atoms with Crippen LogP contribution in [0.2, 0.25) is 0 Å². The lowest BCUT2D eigenvalue weighted by atomic mass is 10.1. The van der Waals surface area contributed by atoms with Gasteiger partial charge >= 0.3 is 6.03 Å². The Hall–Kier alpha value is -3.11. The van der Waals surface area contributed by atoms with Gasteiger partial charge in [0.15, 0.2) is 0 Å². The van der Waals surface area contributed by atoms with Gasteiger partial charge < -0.3 is 20.7 Å². The highest BCUT2D eigenvalue weighted by atomic mass is 32.2. The van der Waals surface area contributed by atoms with E-state index in [0.29, 0.717) is 17.2 Å². The lowest BCUT2D eigenvalue weighted by Crippen LogP contribution is -2.50. The molecule has 10 heteroatoms. The Bertz CT molecular complexity index is 1020. The molecule has 2 rings (SSSR count). The van der Waals surface area contributed by atoms with Crippen molar-refractivity contribution in [1.29, 1.82) is 0 Å². The molecule has 0 aliphatic carbocycles. The van der Waals surface area contributed by atoms with E-state index in [1.807, 2.05) is 51.1 Å². The van der Waals surface area contributed by atoms with Crippen molar-refractivity contribution >= 4 is 27.7 Å². The Morgan fingerprint density at radius 2 is 1.58 bits per heavy atom. The molecule has 2 aromatic rings. The van der Waals surface area contributed by atoms with Crippen LogP contribution in [0.4, 0.5) is 10.5 Å². The second-order valence-corrected chi connectivity index (χ2v) is 10.2. The summed E-state index contributed by atoms with van der Waals surface area (Å²) in [5.74, 6) is 1.06. The number of ether oxygens (including phenoxy) is 1. The summed E-state index contributed by atoms with van der Waals surface area (Å²) in [5, 5.41) is 8.16. The SMILES string of the molecule is CC(C)(C)NC(=O)N[C@@H](CCC(=O)Nc1ccc(Oc2ccccc2)cc1)COS(C)(=O)=O. The van der Waals surface area contributed by atoms with Crippen molar-refractivity contribution in [2.75, 3.05) is 18.2 Å². The number of anilines is 1. The average Bonchev–Trinajstić information content (AvgIpc) is 2.70. The topological polar surface area (TPSA) is 123 Å². The first kappa shape index (κ1) is 26.1. The molecule has 9 nitrogen and oxygen atoms in total. The fourth-order valence-electron chi connectivity index (χ4n) is 2.72. The molecule has 0 heterocycles. The first-order chi connectivity index (χ1) is 15.4. The Morgan fingerprint density at radius 3 is 2.15 bits per heavy atom. The highest BCUT2D eigenvalue weighted by molar-refractivity contribution is 7.85. The van der Waals surface area contributed by atoms with Crippen molar-refractivity contribution in [3.8, 4) is 11.5 Å². The molecule has 0 aromatic heterocycles. The minimum atomic E-state index is -3.69. The maximum absolute atomic E-state index is 12.4. The molecule has 0 saturated heterocycles. The Labute approximate surface area is 195 Å². The molecule has 2 aromatic carbocycles. The maximum Gasteiger partial charge on any atom is 0.315 e. The van der Waals surface area contributed by atoms with E-state index in [-0.39, 0.29) is 25.4 Å². The number of hydrogen-bond acceptors (Lipinski definition) is 6. The van der Waals surface area contributed by atoms with Crippen LogP contribution in [0.1, 0.15) is 33.6 Å². The third-order valence-electron chi connectivity index (χ3n) is 4.14. The lowest BCUT2D eigenvalue weighted by Gasteiger charge is -2.24. The van der Waals surface area contributed by atoms with Gasteiger partial charge in [0, 0.05) is 17.6 Å². The number of para-hydroxylation sites is 1. The summed E-state index contributed by atoms with van der Waals surface area (Å²) in [6.07, 6.45) is 1.17. The van der Waals surface area contributed by atoms with Gasteiger partial charge in [-0.15, -0.1) is 0 Å². The van der Waals surface area contributed by atoms with E-state index in [0.717, 1.165) is 6.26 Å². The second kappa shape index (κ2) is 11.7. The van der Waals surface area contributed by atoms with Gasteiger partial charge in [0.2, 0.25) is 5.91 Å². The predicted octanol–water partition coefficient (Wildman–Crippen LogP) is 3.64. The van der Waals surface area contributed by atoms with Gasteiger partial charge in [0.1, 0.15) is 11.5 Å². The molecular formula is C23H31N3O6S. The van der Waals surface area contributed by atoms with E-state index in [4.69, 9.17) is 8.92 Å². The number of nitrogens with one attached hydrogen (secondary N) is 3. The fourth-order valence-corrected chi connectivity index (χ4v) is 3.14. The summed E-state index contributed by atoms with van der Waals surface area (Å²) in [6, 6.07) is 15.1. The monoisotopic (exact) mass is 477 g/mol. The van der Waals surface area contributed by atoms with Gasteiger partial charge in [-0.2, -0.15) is 8.42 Å². The smallest absolute Gasteiger partial charge is 0.315 e. The Morgan fingerprint density at radius 1 is 0.970 bits per heavy atom. The van der Waals surface area contributed by atoms with Crippen LogP contribution in [-0.2, 0) is 19.1 Å². The van der Waals surface area contributed by atoms with Gasteiger partial charge in [-0.05, 0) is 63.6 Å². The van der Waals surface area contributed by atoms with Crippen molar-refractivity contribution in [2.24, 2.45) is 0 Å². The van der Waals surface area contributed by atoms with Crippen LogP contribution in [-0.4, -0.2) is 44.8 Å². The van der Waals surface area contributed by atoms with Gasteiger partial charge in [0.25, 0.3) is 10.1 Å². The summed E-state index contributed by atoms with van der Waals surface area (Å²) < 4.78 is 33.2. The van der Waals surface area contributed by atoms with Crippen molar-refractivity contribution in [3.63, 3.8) is 0 Å². The lowest BCUT2D eigenvalue weighted by molar-refractivity contribution is -0.116. The van der Waals surface area contributed by atoms with E-state index in [9.17, 15) is 18.0 Å². The molecule has 0 unspecified atom stereocenters. The molecule has 0 radical (unpaired) electrons. The molecule has 0 aliphatic rings. The van der Waals surface area contributed by atoms with Crippen LogP contribution in [0, 0.1) is 0 Å². The Kier molecular flexibility index (Phi) is 9.24. The summed E-state index contributed by atoms with van der Waals surface area (Å²) in [7, 11) is -3.69. The zero-order chi connectivity index (χ0) is 24.5. The van der Waals surface area contributed by atoms with Crippen LogP contribution in [0.15, 0.2) is 54.6 Å². The van der Waals surface area contributed by atoms with E-state index < -0.39 is 27.7 Å². The standard InChI is InChI=1S/C23H31N3O6S/c1-23(2,3)26-22(28)25-18(16-31-33(4,29)30)12-15-21(27)24-17-10-13-20(14-11-17)32-19-8-6-5-7-9-19/h5-11,13-14,18H,12,15-16H2,1-4H3,(H,24,27)(H2,25,26,28)/t18-/m0/s1. The van der Waals surface area contributed by atoms with E-state index >= 15 is 0 Å². The highest BCUT2D eigenvalue weighted by Crippen LogP contribution is 2.22. The fraction of sp³-hybridized carbons (Fsp3) is 0.391. The van der Waals surface area contributed by atoms with E-state index in [2.05, 4.69) is 16.0 Å². The molecule has 33 heavy (non-hydrogen) atoms. The average molecular weight is 478 g/mol. The second-order valence-electron chi connectivity index (χ2n) is 8.56. The number of rotatable bonds is 10. The number of carbonyl (C=O) groups excluding carboxylic acids is 2. The molecular weight excluding hydrogens is 446 g/mol. The first-order valence-corrected chi connectivity index (χ1v) is 12.3. The summed E-state index contributed by atoms with van der Waals surface area (Å²) in [6.45, 7) is 5.18. The van der Waals surface area contributed by atoms with Crippen LogP contribution >= 0.6 is 0 Å². The molecule has 0 fully saturated rings. The minimum absolute atomic E-state index is 0.0514. The molecule has 0 aliphatic heterocycles. The third kappa shape index (κ3) is 11.4. The van der Waals surface area contributed by atoms with E-state index in [1.165, 1.54) is 0 Å². The Balaban J connectivity index is 1.89. The molecule has 0 bridgehead atoms. The molecule has 0 saturated carbocycles. The zero-order valence-electron chi connectivity index (χ0n) is 19.3. The molecule has 3 N–H and O–H groups in total. The highest BCUT2D eigenvalue weighted by Gasteiger charge is 2.20. The van der Waals surface area contributed by atoms with Crippen molar-refractivity contribution < 1.29 is 26.9 Å². The summed E-state index contributed by atoms with van der Waals surface area (Å²) in [4.78, 5) is 24.5. The number of carbonyl (C=O) groups is 2. The largest absolute Gasteiger partial charge is 0.457 e. The molecule has 1 atom stereocenters. The van der Waals surface area contributed by atoms with Gasteiger partial charge in [-0.3, -0.25) is 8.98 Å². The number of benzene rings is 2. The van der Waals surface area contributed by atoms with Crippen LogP contribution < -0.4 is 20.7 Å². The number of amides is 3. The molecule has 180 valence electrons. The number of urea groups is 1. The third-order valence-corrected chi connectivity index (χ3v) is 4.71. The van der Waals surface area contributed by atoms with E-state index in [1.54, 1.807) is 24.3 Å². The van der Waals surface area contributed by atoms with Crippen LogP contribution in [0.5, 0.6) is 11.5 Å². The molecule has 3 amide bonds. The summed E-state index contributed by atoms with van der Waals surface area (Å²) in [5.41, 5.74) is 0.114.